The zero-order chi connectivity index (χ0) is 19.0. The second-order valence-electron chi connectivity index (χ2n) is 6.80. The molecule has 0 spiro atoms. The van der Waals surface area contributed by atoms with Crippen molar-refractivity contribution < 1.29 is 4.79 Å². The second-order valence-corrected chi connectivity index (χ2v) is 6.80. The molecule has 0 amide bonds. The Bertz CT molecular complexity index is 1140. The van der Waals surface area contributed by atoms with Gasteiger partial charge in [0.2, 0.25) is 0 Å². The number of carbonyl (C=O) groups is 1. The number of hydrogen-bond acceptors (Lipinski definition) is 3. The molecule has 4 aromatic rings. The first kappa shape index (κ1) is 17.2. The standard InChI is InChI=1S/C23H21N3O/c1-15(24)17-10-11-23-22(13-17)25-14-26(23)19-7-5-6-18(12-19)21-9-4-3-8-20(21)16(2)27/h3-15H,24H2,1-2H3/t15-/m0/s1. The quantitative estimate of drug-likeness (QED) is 0.529. The number of rotatable bonds is 4. The first-order valence-electron chi connectivity index (χ1n) is 8.98. The fourth-order valence-corrected chi connectivity index (χ4v) is 3.38. The van der Waals surface area contributed by atoms with Crippen LogP contribution in [0.1, 0.15) is 35.8 Å². The van der Waals surface area contributed by atoms with E-state index >= 15 is 0 Å². The molecule has 0 radical (unpaired) electrons. The van der Waals surface area contributed by atoms with E-state index in [1.54, 1.807) is 6.92 Å². The smallest absolute Gasteiger partial charge is 0.160 e. The summed E-state index contributed by atoms with van der Waals surface area (Å²) in [6, 6.07) is 22.0. The summed E-state index contributed by atoms with van der Waals surface area (Å²) >= 11 is 0. The van der Waals surface area contributed by atoms with Crippen LogP contribution in [0.3, 0.4) is 0 Å². The molecule has 0 saturated heterocycles. The zero-order valence-electron chi connectivity index (χ0n) is 15.4. The Morgan fingerprint density at radius 1 is 1.04 bits per heavy atom. The Hall–Kier alpha value is -3.24. The molecule has 4 heteroatoms. The van der Waals surface area contributed by atoms with Crippen molar-refractivity contribution in [3.05, 3.63) is 84.2 Å². The Morgan fingerprint density at radius 2 is 1.85 bits per heavy atom. The van der Waals surface area contributed by atoms with Crippen LogP contribution in [-0.2, 0) is 0 Å². The van der Waals surface area contributed by atoms with Gasteiger partial charge in [-0.3, -0.25) is 9.36 Å². The molecule has 0 aliphatic rings. The number of Topliss-reactive ketones (excluding diaryl/α,β-unsaturated/α-hetero) is 1. The van der Waals surface area contributed by atoms with Gasteiger partial charge in [0.25, 0.3) is 0 Å². The first-order valence-corrected chi connectivity index (χ1v) is 8.98. The van der Waals surface area contributed by atoms with E-state index in [1.807, 2.05) is 67.8 Å². The molecule has 1 atom stereocenters. The van der Waals surface area contributed by atoms with Gasteiger partial charge in [-0.15, -0.1) is 0 Å². The number of benzene rings is 3. The topological polar surface area (TPSA) is 60.9 Å². The predicted octanol–water partition coefficient (Wildman–Crippen LogP) is 4.91. The lowest BCUT2D eigenvalue weighted by molar-refractivity contribution is 0.101. The summed E-state index contributed by atoms with van der Waals surface area (Å²) < 4.78 is 2.06. The fourth-order valence-electron chi connectivity index (χ4n) is 3.38. The van der Waals surface area contributed by atoms with Gasteiger partial charge in [0.05, 0.1) is 11.0 Å². The molecular formula is C23H21N3O. The van der Waals surface area contributed by atoms with Crippen molar-refractivity contribution in [1.82, 2.24) is 9.55 Å². The zero-order valence-corrected chi connectivity index (χ0v) is 15.4. The maximum absolute atomic E-state index is 12.0. The van der Waals surface area contributed by atoms with Crippen molar-refractivity contribution in [3.8, 4) is 16.8 Å². The Labute approximate surface area is 158 Å². The fraction of sp³-hybridized carbons (Fsp3) is 0.130. The van der Waals surface area contributed by atoms with E-state index in [2.05, 4.69) is 21.7 Å². The van der Waals surface area contributed by atoms with E-state index in [9.17, 15) is 4.79 Å². The Morgan fingerprint density at radius 3 is 2.63 bits per heavy atom. The van der Waals surface area contributed by atoms with Gasteiger partial charge >= 0.3 is 0 Å². The highest BCUT2D eigenvalue weighted by Gasteiger charge is 2.11. The monoisotopic (exact) mass is 355 g/mol. The van der Waals surface area contributed by atoms with Crippen LogP contribution in [0.15, 0.2) is 73.1 Å². The Kier molecular flexibility index (Phi) is 4.34. The lowest BCUT2D eigenvalue weighted by Gasteiger charge is -2.11. The Balaban J connectivity index is 1.82. The molecule has 4 rings (SSSR count). The van der Waals surface area contributed by atoms with Gasteiger partial charge < -0.3 is 5.73 Å². The molecule has 3 aromatic carbocycles. The minimum atomic E-state index is -0.0223. The number of aromatic nitrogens is 2. The molecule has 27 heavy (non-hydrogen) atoms. The van der Waals surface area contributed by atoms with Gasteiger partial charge in [0.1, 0.15) is 6.33 Å². The molecule has 4 nitrogen and oxygen atoms in total. The third-order valence-corrected chi connectivity index (χ3v) is 4.84. The molecule has 1 aromatic heterocycles. The van der Waals surface area contributed by atoms with Crippen LogP contribution >= 0.6 is 0 Å². The van der Waals surface area contributed by atoms with Crippen LogP contribution in [0.25, 0.3) is 27.8 Å². The molecule has 0 bridgehead atoms. The van der Waals surface area contributed by atoms with Crippen molar-refractivity contribution in [1.29, 1.82) is 0 Å². The van der Waals surface area contributed by atoms with E-state index in [1.165, 1.54) is 0 Å². The summed E-state index contributed by atoms with van der Waals surface area (Å²) in [7, 11) is 0. The van der Waals surface area contributed by atoms with Crippen molar-refractivity contribution >= 4 is 16.8 Å². The van der Waals surface area contributed by atoms with Crippen molar-refractivity contribution in [2.75, 3.05) is 0 Å². The summed E-state index contributed by atoms with van der Waals surface area (Å²) in [6.07, 6.45) is 1.83. The van der Waals surface area contributed by atoms with Crippen LogP contribution in [0, 0.1) is 0 Å². The third-order valence-electron chi connectivity index (χ3n) is 4.84. The first-order chi connectivity index (χ1) is 13.0. The van der Waals surface area contributed by atoms with E-state index in [0.29, 0.717) is 0 Å². The van der Waals surface area contributed by atoms with Crippen molar-refractivity contribution in [3.63, 3.8) is 0 Å². The molecule has 0 saturated carbocycles. The summed E-state index contributed by atoms with van der Waals surface area (Å²) in [6.45, 7) is 3.57. The molecular weight excluding hydrogens is 334 g/mol. The largest absolute Gasteiger partial charge is 0.324 e. The number of nitrogens with zero attached hydrogens (tertiary/aromatic N) is 2. The summed E-state index contributed by atoms with van der Waals surface area (Å²) in [5, 5.41) is 0. The van der Waals surface area contributed by atoms with Crippen LogP contribution < -0.4 is 5.73 Å². The van der Waals surface area contributed by atoms with Crippen LogP contribution in [0.2, 0.25) is 0 Å². The van der Waals surface area contributed by atoms with Crippen LogP contribution in [0.4, 0.5) is 0 Å². The number of ketones is 1. The lowest BCUT2D eigenvalue weighted by Crippen LogP contribution is -2.04. The summed E-state index contributed by atoms with van der Waals surface area (Å²) in [4.78, 5) is 16.5. The molecule has 2 N–H and O–H groups in total. The lowest BCUT2D eigenvalue weighted by atomic mass is 9.97. The molecule has 0 aliphatic heterocycles. The average molecular weight is 355 g/mol. The highest BCUT2D eigenvalue weighted by molar-refractivity contribution is 6.00. The molecule has 1 heterocycles. The van der Waals surface area contributed by atoms with Crippen molar-refractivity contribution in [2.45, 2.75) is 19.9 Å². The van der Waals surface area contributed by atoms with Gasteiger partial charge in [0, 0.05) is 17.3 Å². The highest BCUT2D eigenvalue weighted by Crippen LogP contribution is 2.28. The van der Waals surface area contributed by atoms with E-state index in [0.717, 1.165) is 39.0 Å². The van der Waals surface area contributed by atoms with E-state index in [-0.39, 0.29) is 11.8 Å². The summed E-state index contributed by atoms with van der Waals surface area (Å²) in [5.74, 6) is 0.0625. The summed E-state index contributed by atoms with van der Waals surface area (Å²) in [5.41, 5.74) is 12.7. The van der Waals surface area contributed by atoms with E-state index in [4.69, 9.17) is 5.73 Å². The maximum atomic E-state index is 12.0. The number of nitrogens with two attached hydrogens (primary N) is 1. The minimum Gasteiger partial charge on any atom is -0.324 e. The van der Waals surface area contributed by atoms with Crippen LogP contribution in [-0.4, -0.2) is 15.3 Å². The predicted molar refractivity (Wildman–Crippen MR) is 109 cm³/mol. The number of carbonyl (C=O) groups excluding carboxylic acids is 1. The van der Waals surface area contributed by atoms with Gasteiger partial charge in [-0.1, -0.05) is 42.5 Å². The van der Waals surface area contributed by atoms with Crippen LogP contribution in [0.5, 0.6) is 0 Å². The molecule has 0 fully saturated rings. The SMILES string of the molecule is CC(=O)c1ccccc1-c1cccc(-n2cnc3cc([C@H](C)N)ccc32)c1. The third kappa shape index (κ3) is 3.15. The average Bonchev–Trinajstić information content (AvgIpc) is 3.11. The van der Waals surface area contributed by atoms with Gasteiger partial charge in [0.15, 0.2) is 5.78 Å². The minimum absolute atomic E-state index is 0.0223. The number of imidazole rings is 1. The molecule has 134 valence electrons. The van der Waals surface area contributed by atoms with E-state index < -0.39 is 0 Å². The number of fused-ring (bicyclic) bond motifs is 1. The number of hydrogen-bond donors (Lipinski definition) is 1. The maximum Gasteiger partial charge on any atom is 0.160 e. The van der Waals surface area contributed by atoms with Gasteiger partial charge in [-0.2, -0.15) is 0 Å². The van der Waals surface area contributed by atoms with Gasteiger partial charge in [-0.05, 0) is 54.8 Å². The molecule has 0 aliphatic carbocycles. The van der Waals surface area contributed by atoms with Crippen molar-refractivity contribution in [2.24, 2.45) is 5.73 Å². The van der Waals surface area contributed by atoms with Gasteiger partial charge in [-0.25, -0.2) is 4.98 Å². The highest BCUT2D eigenvalue weighted by atomic mass is 16.1. The second kappa shape index (κ2) is 6.82. The molecule has 0 unspecified atom stereocenters. The normalized spacial score (nSPS) is 12.3.